The van der Waals surface area contributed by atoms with E-state index in [1.165, 1.54) is 7.11 Å². The Hall–Kier alpha value is -2.28. The lowest BCUT2D eigenvalue weighted by Gasteiger charge is -2.08. The number of hydrogen-bond donors (Lipinski definition) is 1. The highest BCUT2D eigenvalue weighted by Crippen LogP contribution is 2.12. The summed E-state index contributed by atoms with van der Waals surface area (Å²) in [5, 5.41) is 15.2. The average Bonchev–Trinajstić information content (AvgIpc) is 2.41. The predicted molar refractivity (Wildman–Crippen MR) is 67.9 cm³/mol. The fourth-order valence-corrected chi connectivity index (χ4v) is 1.46. The van der Waals surface area contributed by atoms with Crippen molar-refractivity contribution in [3.63, 3.8) is 0 Å². The fraction of sp³-hybridized carbons (Fsp3) is 0.333. The average molecular weight is 266 g/mol. The van der Waals surface area contributed by atoms with Gasteiger partial charge in [-0.3, -0.25) is 0 Å². The van der Waals surface area contributed by atoms with Crippen LogP contribution < -0.4 is 0 Å². The lowest BCUT2D eigenvalue weighted by molar-refractivity contribution is -0.129. The van der Waals surface area contributed by atoms with Gasteiger partial charge in [0.05, 0.1) is 13.2 Å². The Morgan fingerprint density at radius 1 is 1.37 bits per heavy atom. The third-order valence-electron chi connectivity index (χ3n) is 2.24. The Bertz CT molecular complexity index is 473. The number of nitroso groups, excluding NO2 is 1. The van der Waals surface area contributed by atoms with Crippen LogP contribution in [0.3, 0.4) is 0 Å². The molecule has 0 unspecified atom stereocenters. The Morgan fingerprint density at radius 3 is 2.74 bits per heavy atom. The molecule has 0 saturated carbocycles. The maximum atomic E-state index is 11.1. The first-order chi connectivity index (χ1) is 9.20. The second-order valence-corrected chi connectivity index (χ2v) is 3.49. The van der Waals surface area contributed by atoms with E-state index in [1.807, 2.05) is 0 Å². The van der Waals surface area contributed by atoms with Crippen molar-refractivity contribution in [2.24, 2.45) is 10.3 Å². The zero-order chi connectivity index (χ0) is 14.1. The van der Waals surface area contributed by atoms with Crippen molar-refractivity contribution in [2.45, 2.75) is 6.61 Å². The molecule has 0 aliphatic carbocycles. The smallest absolute Gasteiger partial charge is 0.358 e. The summed E-state index contributed by atoms with van der Waals surface area (Å²) >= 11 is 0. The van der Waals surface area contributed by atoms with Crippen LogP contribution in [0.15, 0.2) is 34.6 Å². The molecule has 0 bridgehead atoms. The number of hydrogen-bond acceptors (Lipinski definition) is 6. The van der Waals surface area contributed by atoms with Gasteiger partial charge < -0.3 is 14.7 Å². The van der Waals surface area contributed by atoms with E-state index >= 15 is 0 Å². The third-order valence-corrected chi connectivity index (χ3v) is 2.24. The van der Waals surface area contributed by atoms with Gasteiger partial charge in [0.15, 0.2) is 5.71 Å². The molecule has 0 fully saturated rings. The van der Waals surface area contributed by atoms with E-state index < -0.39 is 5.97 Å². The van der Waals surface area contributed by atoms with E-state index in [0.717, 1.165) is 0 Å². The van der Waals surface area contributed by atoms with Gasteiger partial charge >= 0.3 is 5.97 Å². The summed E-state index contributed by atoms with van der Waals surface area (Å²) in [6.45, 7) is 0.406. The summed E-state index contributed by atoms with van der Waals surface area (Å²) in [6.07, 6.45) is 0. The minimum atomic E-state index is -1.19. The quantitative estimate of drug-likeness (QED) is 0.332. The largest absolute Gasteiger partial charge is 0.476 e. The number of ether oxygens (including phenoxy) is 1. The van der Waals surface area contributed by atoms with Crippen LogP contribution in [-0.4, -0.2) is 37.0 Å². The minimum absolute atomic E-state index is 0.0557. The van der Waals surface area contributed by atoms with Gasteiger partial charge in [-0.25, -0.2) is 4.79 Å². The molecule has 7 nitrogen and oxygen atoms in total. The zero-order valence-corrected chi connectivity index (χ0v) is 10.4. The fourth-order valence-electron chi connectivity index (χ4n) is 1.46. The highest BCUT2D eigenvalue weighted by Gasteiger charge is 2.17. The molecule has 0 amide bonds. The molecule has 1 N–H and O–H groups in total. The van der Waals surface area contributed by atoms with Gasteiger partial charge in [-0.1, -0.05) is 34.6 Å². The molecule has 0 aliphatic heterocycles. The zero-order valence-electron chi connectivity index (χ0n) is 10.4. The molecule has 1 aromatic carbocycles. The van der Waals surface area contributed by atoms with Crippen molar-refractivity contribution in [3.8, 4) is 0 Å². The van der Waals surface area contributed by atoms with E-state index in [4.69, 9.17) is 9.84 Å². The number of aliphatic carboxylic acids is 1. The standard InChI is InChI=1S/C12H14N2O5/c1-18-14-11(12(15)16)10-5-3-2-4-9(10)8-19-7-6-13-17/h2-5H,6-8H2,1H3,(H,15,16). The number of nitrogens with zero attached hydrogens (tertiary/aromatic N) is 2. The molecule has 0 saturated heterocycles. The first kappa shape index (κ1) is 14.8. The molecule has 7 heteroatoms. The first-order valence-corrected chi connectivity index (χ1v) is 5.50. The van der Waals surface area contributed by atoms with Gasteiger partial charge in [0.25, 0.3) is 0 Å². The third kappa shape index (κ3) is 4.47. The molecule has 0 heterocycles. The van der Waals surface area contributed by atoms with Crippen molar-refractivity contribution in [3.05, 3.63) is 40.3 Å². The van der Waals surface area contributed by atoms with Gasteiger partial charge in [-0.15, -0.1) is 0 Å². The summed E-state index contributed by atoms with van der Waals surface area (Å²) in [5.41, 5.74) is 0.859. The number of oxime groups is 1. The van der Waals surface area contributed by atoms with Crippen LogP contribution in [0.25, 0.3) is 0 Å². The summed E-state index contributed by atoms with van der Waals surface area (Å²) in [7, 11) is 1.28. The molecular formula is C12H14N2O5. The van der Waals surface area contributed by atoms with E-state index in [-0.39, 0.29) is 25.5 Å². The van der Waals surface area contributed by atoms with Gasteiger partial charge in [0.1, 0.15) is 13.7 Å². The van der Waals surface area contributed by atoms with E-state index in [9.17, 15) is 9.70 Å². The Labute approximate surface area is 109 Å². The number of rotatable bonds is 8. The summed E-state index contributed by atoms with van der Waals surface area (Å²) in [4.78, 5) is 25.6. The van der Waals surface area contributed by atoms with Crippen LogP contribution >= 0.6 is 0 Å². The van der Waals surface area contributed by atoms with Crippen molar-refractivity contribution in [1.29, 1.82) is 0 Å². The Kier molecular flexibility index (Phi) is 6.17. The van der Waals surface area contributed by atoms with Gasteiger partial charge in [-0.2, -0.15) is 4.91 Å². The van der Waals surface area contributed by atoms with E-state index in [0.29, 0.717) is 11.1 Å². The van der Waals surface area contributed by atoms with Crippen LogP contribution in [0.2, 0.25) is 0 Å². The molecule has 1 aromatic rings. The summed E-state index contributed by atoms with van der Waals surface area (Å²) in [6, 6.07) is 6.78. The lowest BCUT2D eigenvalue weighted by atomic mass is 10.0. The van der Waals surface area contributed by atoms with Crippen molar-refractivity contribution in [1.82, 2.24) is 0 Å². The van der Waals surface area contributed by atoms with E-state index in [1.54, 1.807) is 24.3 Å². The number of carboxylic acids is 1. The molecule has 0 aromatic heterocycles. The summed E-state index contributed by atoms with van der Waals surface area (Å²) < 4.78 is 5.23. The van der Waals surface area contributed by atoms with Crippen molar-refractivity contribution < 1.29 is 19.5 Å². The molecule has 0 radical (unpaired) electrons. The number of benzene rings is 1. The molecule has 0 aliphatic rings. The molecule has 19 heavy (non-hydrogen) atoms. The van der Waals surface area contributed by atoms with Crippen LogP contribution in [0.5, 0.6) is 0 Å². The molecule has 0 spiro atoms. The van der Waals surface area contributed by atoms with E-state index in [2.05, 4.69) is 15.2 Å². The molecule has 1 rings (SSSR count). The van der Waals surface area contributed by atoms with Crippen LogP contribution in [0.4, 0.5) is 0 Å². The first-order valence-electron chi connectivity index (χ1n) is 5.50. The molecule has 102 valence electrons. The maximum Gasteiger partial charge on any atom is 0.358 e. The highest BCUT2D eigenvalue weighted by atomic mass is 16.6. The van der Waals surface area contributed by atoms with Crippen LogP contribution in [-0.2, 0) is 21.0 Å². The Morgan fingerprint density at radius 2 is 2.11 bits per heavy atom. The van der Waals surface area contributed by atoms with Gasteiger partial charge in [0, 0.05) is 5.56 Å². The van der Waals surface area contributed by atoms with Crippen LogP contribution in [0, 0.1) is 4.91 Å². The lowest BCUT2D eigenvalue weighted by Crippen LogP contribution is -2.17. The summed E-state index contributed by atoms with van der Waals surface area (Å²) in [5.74, 6) is -1.19. The molecule has 0 atom stereocenters. The number of carboxylic acid groups (broad SMARTS) is 1. The van der Waals surface area contributed by atoms with Crippen molar-refractivity contribution >= 4 is 11.7 Å². The normalized spacial score (nSPS) is 11.1. The van der Waals surface area contributed by atoms with Gasteiger partial charge in [-0.05, 0) is 5.56 Å². The molecular weight excluding hydrogens is 252 g/mol. The van der Waals surface area contributed by atoms with Crippen LogP contribution in [0.1, 0.15) is 11.1 Å². The maximum absolute atomic E-state index is 11.1. The second kappa shape index (κ2) is 7.93. The number of carbonyl (C=O) groups is 1. The Balaban J connectivity index is 2.90. The monoisotopic (exact) mass is 266 g/mol. The van der Waals surface area contributed by atoms with Crippen molar-refractivity contribution in [2.75, 3.05) is 20.3 Å². The predicted octanol–water partition coefficient (Wildman–Crippen LogP) is 1.40. The topological polar surface area (TPSA) is 97.6 Å². The second-order valence-electron chi connectivity index (χ2n) is 3.49. The minimum Gasteiger partial charge on any atom is -0.476 e. The SMILES string of the molecule is CON=C(C(=O)O)c1ccccc1COCCN=O. The highest BCUT2D eigenvalue weighted by molar-refractivity contribution is 6.42. The van der Waals surface area contributed by atoms with Gasteiger partial charge in [0.2, 0.25) is 0 Å².